The van der Waals surface area contributed by atoms with Crippen LogP contribution in [0.25, 0.3) is 45.6 Å². The summed E-state index contributed by atoms with van der Waals surface area (Å²) >= 11 is 0. The van der Waals surface area contributed by atoms with Crippen LogP contribution < -0.4 is 21.7 Å². The second kappa shape index (κ2) is 31.4. The SMILES string of the molecule is CC(C)(C)OC(=O)CCCN.CC(C)(C)OC(=O)CCCNC(=O)CCCC(=O)Nc1cccc(-c2nnc(-c3ccc(C(F)(F)F)cc3)nn2)c1.O=C(O)CCCC(=O)Nc1cccc(-c2nnc(-c3ccc(C(F)(F)F)cc3)nn2)c1. The van der Waals surface area contributed by atoms with Gasteiger partial charge < -0.3 is 36.3 Å². The summed E-state index contributed by atoms with van der Waals surface area (Å²) in [7, 11) is 0. The Morgan fingerprint density at radius 2 is 0.807 bits per heavy atom. The summed E-state index contributed by atoms with van der Waals surface area (Å²) in [4.78, 5) is 69.4. The Hall–Kier alpha value is -8.88. The average molecular weight is 1160 g/mol. The summed E-state index contributed by atoms with van der Waals surface area (Å²) in [5, 5.41) is 48.5. The number of hydrogen-bond acceptors (Lipinski definition) is 17. The third-order valence-electron chi connectivity index (χ3n) is 10.6. The molecule has 0 unspecified atom stereocenters. The van der Waals surface area contributed by atoms with E-state index < -0.39 is 35.0 Å². The molecule has 21 nitrogen and oxygen atoms in total. The van der Waals surface area contributed by atoms with Crippen molar-refractivity contribution in [3.8, 4) is 45.6 Å². The first-order chi connectivity index (χ1) is 39.0. The van der Waals surface area contributed by atoms with Crippen LogP contribution in [0.4, 0.5) is 37.7 Å². The third kappa shape index (κ3) is 25.6. The molecule has 6 rings (SSSR count). The molecular weight excluding hydrogens is 1100 g/mol. The summed E-state index contributed by atoms with van der Waals surface area (Å²) in [6.45, 7) is 11.8. The number of nitrogens with one attached hydrogen (secondary N) is 3. The van der Waals surface area contributed by atoms with Crippen LogP contribution in [-0.2, 0) is 50.6 Å². The van der Waals surface area contributed by atoms with E-state index in [1.165, 1.54) is 24.3 Å². The van der Waals surface area contributed by atoms with Crippen LogP contribution in [-0.4, -0.2) is 106 Å². The van der Waals surface area contributed by atoms with Gasteiger partial charge in [0.25, 0.3) is 0 Å². The molecule has 83 heavy (non-hydrogen) atoms. The van der Waals surface area contributed by atoms with Gasteiger partial charge in [0, 0.05) is 78.7 Å². The molecule has 6 aromatic rings. The molecule has 0 aliphatic rings. The van der Waals surface area contributed by atoms with E-state index in [9.17, 15) is 55.1 Å². The number of ether oxygens (including phenoxy) is 2. The highest BCUT2D eigenvalue weighted by molar-refractivity contribution is 5.92. The maximum atomic E-state index is 12.8. The van der Waals surface area contributed by atoms with Crippen molar-refractivity contribution in [2.45, 2.75) is 129 Å². The molecule has 2 aromatic heterocycles. The predicted octanol–water partition coefficient (Wildman–Crippen LogP) is 9.85. The van der Waals surface area contributed by atoms with Gasteiger partial charge in [0.15, 0.2) is 0 Å². The molecule has 0 saturated carbocycles. The molecule has 0 saturated heterocycles. The molecule has 3 amide bonds. The van der Waals surface area contributed by atoms with E-state index in [2.05, 4.69) is 56.7 Å². The summed E-state index contributed by atoms with van der Waals surface area (Å²) < 4.78 is 86.5. The molecule has 0 aliphatic heterocycles. The van der Waals surface area contributed by atoms with E-state index in [4.69, 9.17) is 20.3 Å². The van der Waals surface area contributed by atoms with Crippen LogP contribution in [0.15, 0.2) is 97.1 Å². The van der Waals surface area contributed by atoms with Gasteiger partial charge in [0.05, 0.1) is 11.1 Å². The normalized spacial score (nSPS) is 11.4. The number of esters is 2. The predicted molar refractivity (Wildman–Crippen MR) is 292 cm³/mol. The number of carbonyl (C=O) groups is 6. The van der Waals surface area contributed by atoms with Gasteiger partial charge in [-0.3, -0.25) is 28.8 Å². The fourth-order valence-electron chi connectivity index (χ4n) is 6.85. The summed E-state index contributed by atoms with van der Waals surface area (Å²) in [6.07, 6.45) is -6.26. The van der Waals surface area contributed by atoms with Gasteiger partial charge in [0.2, 0.25) is 41.0 Å². The van der Waals surface area contributed by atoms with Crippen LogP contribution in [0.3, 0.4) is 0 Å². The molecule has 27 heteroatoms. The van der Waals surface area contributed by atoms with Gasteiger partial charge >= 0.3 is 30.3 Å². The standard InChI is InChI=1S/C28H31F3N6O4.C20H16F3N5O3.C8H17NO2/c1-27(2,3)41-24(40)11-6-16-32-22(38)9-5-10-23(39)33-21-8-4-7-19(17-21)26-36-34-25(35-37-26)18-12-14-20(15-13-18)28(29,30)31;21-20(22,23)14-9-7-12(8-10-14)18-25-27-19(28-26-18)13-3-1-4-15(11-13)24-16(29)5-2-6-17(30)31;1-8(2,3)11-7(10)5-4-6-9/h4,7-8,12-15,17H,5-6,9-11,16H2,1-3H3,(H,32,38)(H,33,39);1,3-4,7-11H,2,5-6H2,(H,24,29)(H,30,31);4-6,9H2,1-3H3. The van der Waals surface area contributed by atoms with Crippen molar-refractivity contribution < 1.29 is 69.7 Å². The number of benzene rings is 4. The lowest BCUT2D eigenvalue weighted by molar-refractivity contribution is -0.156. The Kier molecular flexibility index (Phi) is 25.2. The van der Waals surface area contributed by atoms with Crippen molar-refractivity contribution in [1.82, 2.24) is 46.1 Å². The number of halogens is 6. The molecule has 2 heterocycles. The van der Waals surface area contributed by atoms with Crippen LogP contribution >= 0.6 is 0 Å². The van der Waals surface area contributed by atoms with E-state index in [1.54, 1.807) is 69.3 Å². The van der Waals surface area contributed by atoms with E-state index >= 15 is 0 Å². The molecule has 444 valence electrons. The summed E-state index contributed by atoms with van der Waals surface area (Å²) in [6, 6.07) is 22.0. The topological polar surface area (TPSA) is 306 Å². The minimum absolute atomic E-state index is 0.0674. The first-order valence-corrected chi connectivity index (χ1v) is 25.9. The van der Waals surface area contributed by atoms with Gasteiger partial charge in [0.1, 0.15) is 11.2 Å². The number of amides is 3. The van der Waals surface area contributed by atoms with Gasteiger partial charge in [-0.05, 0) is 122 Å². The van der Waals surface area contributed by atoms with E-state index in [0.717, 1.165) is 24.3 Å². The minimum atomic E-state index is -4.44. The highest BCUT2D eigenvalue weighted by Gasteiger charge is 2.31. The second-order valence-corrected chi connectivity index (χ2v) is 20.1. The smallest absolute Gasteiger partial charge is 0.416 e. The number of aromatic nitrogens is 8. The number of carboxylic acids is 1. The third-order valence-corrected chi connectivity index (χ3v) is 10.6. The van der Waals surface area contributed by atoms with Crippen molar-refractivity contribution in [1.29, 1.82) is 0 Å². The first-order valence-electron chi connectivity index (χ1n) is 25.9. The number of rotatable bonds is 21. The monoisotopic (exact) mass is 1160 g/mol. The van der Waals surface area contributed by atoms with Crippen molar-refractivity contribution in [3.63, 3.8) is 0 Å². The zero-order valence-electron chi connectivity index (χ0n) is 46.4. The Labute approximate surface area is 474 Å². The van der Waals surface area contributed by atoms with Crippen LogP contribution in [0, 0.1) is 0 Å². The van der Waals surface area contributed by atoms with Crippen molar-refractivity contribution in [2.24, 2.45) is 5.73 Å². The van der Waals surface area contributed by atoms with Crippen LogP contribution in [0.1, 0.15) is 117 Å². The molecule has 0 atom stereocenters. The molecule has 0 bridgehead atoms. The summed E-state index contributed by atoms with van der Waals surface area (Å²) in [5.74, 6) is -1.79. The average Bonchev–Trinajstić information content (AvgIpc) is 3.59. The molecule has 6 N–H and O–H groups in total. The van der Waals surface area contributed by atoms with Crippen LogP contribution in [0.2, 0.25) is 0 Å². The highest BCUT2D eigenvalue weighted by Crippen LogP contribution is 2.32. The number of carbonyl (C=O) groups excluding carboxylic acids is 5. The fraction of sp³-hybridized carbons (Fsp3) is 0.393. The van der Waals surface area contributed by atoms with Crippen molar-refractivity contribution in [2.75, 3.05) is 23.7 Å². The number of hydrogen-bond donors (Lipinski definition) is 5. The Balaban J connectivity index is 0.000000309. The van der Waals surface area contributed by atoms with Crippen molar-refractivity contribution >= 4 is 47.0 Å². The minimum Gasteiger partial charge on any atom is -0.481 e. The summed E-state index contributed by atoms with van der Waals surface area (Å²) in [5.41, 5.74) is 5.41. The number of aliphatic carboxylic acids is 1. The number of alkyl halides is 6. The van der Waals surface area contributed by atoms with Gasteiger partial charge in [-0.2, -0.15) is 26.3 Å². The highest BCUT2D eigenvalue weighted by atomic mass is 19.4. The van der Waals surface area contributed by atoms with E-state index in [0.29, 0.717) is 72.4 Å². The second-order valence-electron chi connectivity index (χ2n) is 20.1. The molecular formula is C56H64F6N12O9. The number of anilines is 2. The molecule has 0 radical (unpaired) electrons. The lowest BCUT2D eigenvalue weighted by atomic mass is 10.1. The zero-order chi connectivity index (χ0) is 61.4. The molecule has 0 spiro atoms. The van der Waals surface area contributed by atoms with E-state index in [-0.39, 0.29) is 97.1 Å². The maximum absolute atomic E-state index is 12.8. The zero-order valence-corrected chi connectivity index (χ0v) is 46.4. The van der Waals surface area contributed by atoms with Gasteiger partial charge in [-0.15, -0.1) is 40.8 Å². The first kappa shape index (κ1) is 66.6. The Morgan fingerprint density at radius 1 is 0.458 bits per heavy atom. The number of nitrogens with two attached hydrogens (primary N) is 1. The lowest BCUT2D eigenvalue weighted by Gasteiger charge is -2.19. The van der Waals surface area contributed by atoms with E-state index in [1.807, 2.05) is 20.8 Å². The maximum Gasteiger partial charge on any atom is 0.416 e. The van der Waals surface area contributed by atoms with Crippen molar-refractivity contribution in [3.05, 3.63) is 108 Å². The molecule has 0 fully saturated rings. The fourth-order valence-corrected chi connectivity index (χ4v) is 6.85. The quantitative estimate of drug-likeness (QED) is 0.0254. The largest absolute Gasteiger partial charge is 0.481 e. The Bertz CT molecular complexity index is 3080. The van der Waals surface area contributed by atoms with Gasteiger partial charge in [-0.25, -0.2) is 0 Å². The van der Waals surface area contributed by atoms with Gasteiger partial charge in [-0.1, -0.05) is 48.5 Å². The Morgan fingerprint density at radius 3 is 1.16 bits per heavy atom. The number of carboxylic acid groups (broad SMARTS) is 1. The molecule has 0 aliphatic carbocycles. The number of nitrogens with zero attached hydrogens (tertiary/aromatic N) is 8. The molecule has 4 aromatic carbocycles. The van der Waals surface area contributed by atoms with Crippen LogP contribution in [0.5, 0.6) is 0 Å². The lowest BCUT2D eigenvalue weighted by Crippen LogP contribution is -2.27.